The molecule has 3 aromatic rings. The largest absolute Gasteiger partial charge is 0.468 e. The maximum absolute atomic E-state index is 12.6. The number of carbonyl (C=O) groups excluding carboxylic acids is 2. The summed E-state index contributed by atoms with van der Waals surface area (Å²) < 4.78 is 6.86. The number of amides is 1. The molecule has 0 atom stereocenters. The summed E-state index contributed by atoms with van der Waals surface area (Å²) in [5.41, 5.74) is 0.0456. The lowest BCUT2D eigenvalue weighted by molar-refractivity contribution is -0.385. The van der Waals surface area contributed by atoms with Crippen molar-refractivity contribution < 1.29 is 19.2 Å². The molecule has 10 heteroatoms. The minimum Gasteiger partial charge on any atom is -0.468 e. The molecule has 0 saturated carbocycles. The molecule has 0 bridgehead atoms. The van der Waals surface area contributed by atoms with Crippen LogP contribution in [0.1, 0.15) is 10.4 Å². The van der Waals surface area contributed by atoms with E-state index in [0.29, 0.717) is 15.2 Å². The van der Waals surface area contributed by atoms with Gasteiger partial charge in [0, 0.05) is 6.07 Å². The number of nitrogens with zero attached hydrogens (tertiary/aromatic N) is 3. The van der Waals surface area contributed by atoms with Crippen molar-refractivity contribution in [2.75, 3.05) is 7.11 Å². The van der Waals surface area contributed by atoms with Crippen molar-refractivity contribution in [1.82, 2.24) is 4.57 Å². The third kappa shape index (κ3) is 3.74. The predicted octanol–water partition coefficient (Wildman–Crippen LogP) is 3.18. The van der Waals surface area contributed by atoms with Crippen molar-refractivity contribution in [1.29, 1.82) is 0 Å². The van der Waals surface area contributed by atoms with E-state index in [-0.39, 0.29) is 22.6 Å². The van der Waals surface area contributed by atoms with Crippen molar-refractivity contribution in [2.24, 2.45) is 4.99 Å². The van der Waals surface area contributed by atoms with Crippen molar-refractivity contribution >= 4 is 50.7 Å². The Morgan fingerprint density at radius 2 is 2.00 bits per heavy atom. The number of carbonyl (C=O) groups is 2. The Morgan fingerprint density at radius 1 is 1.26 bits per heavy atom. The highest BCUT2D eigenvalue weighted by Crippen LogP contribution is 2.25. The highest BCUT2D eigenvalue weighted by Gasteiger charge is 2.20. The van der Waals surface area contributed by atoms with Crippen LogP contribution in [0.15, 0.2) is 47.5 Å². The van der Waals surface area contributed by atoms with Crippen LogP contribution in [-0.4, -0.2) is 28.5 Å². The zero-order valence-corrected chi connectivity index (χ0v) is 15.5. The molecule has 138 valence electrons. The van der Waals surface area contributed by atoms with Crippen molar-refractivity contribution in [3.05, 3.63) is 68.0 Å². The van der Waals surface area contributed by atoms with Gasteiger partial charge in [-0.3, -0.25) is 19.7 Å². The van der Waals surface area contributed by atoms with Gasteiger partial charge in [0.2, 0.25) is 0 Å². The zero-order chi connectivity index (χ0) is 19.6. The number of hydrogen-bond donors (Lipinski definition) is 0. The zero-order valence-electron chi connectivity index (χ0n) is 13.9. The number of nitro benzene ring substituents is 1. The molecule has 1 heterocycles. The first-order valence-corrected chi connectivity index (χ1v) is 8.79. The molecule has 8 nitrogen and oxygen atoms in total. The van der Waals surface area contributed by atoms with Gasteiger partial charge in [0.1, 0.15) is 12.1 Å². The normalized spacial score (nSPS) is 11.6. The number of esters is 1. The number of rotatable bonds is 4. The van der Waals surface area contributed by atoms with Crippen LogP contribution in [0.3, 0.4) is 0 Å². The molecule has 0 fully saturated rings. The number of halogens is 1. The van der Waals surface area contributed by atoms with Crippen LogP contribution in [0, 0.1) is 10.1 Å². The number of ether oxygens (including phenoxy) is 1. The monoisotopic (exact) mass is 405 g/mol. The predicted molar refractivity (Wildman–Crippen MR) is 99.8 cm³/mol. The summed E-state index contributed by atoms with van der Waals surface area (Å²) in [6, 6.07) is 10.7. The SMILES string of the molecule is COC(=O)Cn1c(=NC(=O)c2ccccc2[N+](=O)[O-])sc2cccc(Cl)c21. The summed E-state index contributed by atoms with van der Waals surface area (Å²) in [5.74, 6) is -1.34. The van der Waals surface area contributed by atoms with E-state index in [0.717, 1.165) is 11.3 Å². The number of thiazole rings is 1. The van der Waals surface area contributed by atoms with Gasteiger partial charge in [-0.05, 0) is 18.2 Å². The molecule has 1 aromatic heterocycles. The topological polar surface area (TPSA) is 104 Å². The lowest BCUT2D eigenvalue weighted by atomic mass is 10.2. The summed E-state index contributed by atoms with van der Waals surface area (Å²) in [6.07, 6.45) is 0. The fourth-order valence-electron chi connectivity index (χ4n) is 2.47. The van der Waals surface area contributed by atoms with Crippen LogP contribution in [0.25, 0.3) is 10.2 Å². The Morgan fingerprint density at radius 3 is 2.70 bits per heavy atom. The maximum Gasteiger partial charge on any atom is 0.325 e. The molecule has 0 aliphatic heterocycles. The number of benzene rings is 2. The second-order valence-electron chi connectivity index (χ2n) is 5.32. The fraction of sp³-hybridized carbons (Fsp3) is 0.118. The quantitative estimate of drug-likeness (QED) is 0.376. The van der Waals surface area contributed by atoms with E-state index in [1.165, 1.54) is 35.9 Å². The van der Waals surface area contributed by atoms with Crippen LogP contribution in [-0.2, 0) is 16.1 Å². The van der Waals surface area contributed by atoms with Crippen molar-refractivity contribution in [3.8, 4) is 0 Å². The first-order valence-electron chi connectivity index (χ1n) is 7.59. The Balaban J connectivity index is 2.20. The van der Waals surface area contributed by atoms with Crippen LogP contribution in [0.2, 0.25) is 5.02 Å². The van der Waals surface area contributed by atoms with Gasteiger partial charge in [-0.2, -0.15) is 4.99 Å². The second kappa shape index (κ2) is 7.68. The number of hydrogen-bond acceptors (Lipinski definition) is 6. The number of methoxy groups -OCH3 is 1. The summed E-state index contributed by atoms with van der Waals surface area (Å²) in [4.78, 5) is 39.1. The molecule has 2 aromatic carbocycles. The molecule has 0 aliphatic carbocycles. The standard InChI is InChI=1S/C17H12ClN3O5S/c1-26-14(22)9-20-15-11(18)6-4-8-13(15)27-17(20)19-16(23)10-5-2-3-7-12(10)21(24)25/h2-8H,9H2,1H3. The van der Waals surface area contributed by atoms with E-state index in [1.807, 2.05) is 0 Å². The third-order valence-corrected chi connectivity index (χ3v) is 5.04. The van der Waals surface area contributed by atoms with Gasteiger partial charge in [-0.25, -0.2) is 0 Å². The molecule has 0 spiro atoms. The Labute approximate surface area is 161 Å². The summed E-state index contributed by atoms with van der Waals surface area (Å²) in [7, 11) is 1.24. The lowest BCUT2D eigenvalue weighted by Crippen LogP contribution is -2.22. The molecule has 0 unspecified atom stereocenters. The minimum absolute atomic E-state index is 0.143. The smallest absolute Gasteiger partial charge is 0.325 e. The molecular formula is C17H12ClN3O5S. The third-order valence-electron chi connectivity index (χ3n) is 3.70. The summed E-state index contributed by atoms with van der Waals surface area (Å²) in [5, 5.41) is 11.5. The number of para-hydroxylation sites is 2. The Bertz CT molecular complexity index is 1140. The van der Waals surface area contributed by atoms with Gasteiger partial charge in [-0.15, -0.1) is 0 Å². The first-order chi connectivity index (χ1) is 12.9. The molecular weight excluding hydrogens is 394 g/mol. The average Bonchev–Trinajstić information content (AvgIpc) is 2.99. The highest BCUT2D eigenvalue weighted by molar-refractivity contribution is 7.16. The molecule has 1 amide bonds. The van der Waals surface area contributed by atoms with Gasteiger partial charge in [-0.1, -0.05) is 41.1 Å². The fourth-order valence-corrected chi connectivity index (χ4v) is 3.86. The number of nitro groups is 1. The lowest BCUT2D eigenvalue weighted by Gasteiger charge is -2.04. The summed E-state index contributed by atoms with van der Waals surface area (Å²) in [6.45, 7) is -0.205. The van der Waals surface area contributed by atoms with Crippen LogP contribution in [0.4, 0.5) is 5.69 Å². The van der Waals surface area contributed by atoms with Crippen molar-refractivity contribution in [2.45, 2.75) is 6.54 Å². The van der Waals surface area contributed by atoms with E-state index in [9.17, 15) is 19.7 Å². The number of fused-ring (bicyclic) bond motifs is 1. The van der Waals surface area contributed by atoms with Gasteiger partial charge in [0.05, 0.1) is 27.3 Å². The van der Waals surface area contributed by atoms with Crippen LogP contribution >= 0.6 is 22.9 Å². The maximum atomic E-state index is 12.6. The molecule has 0 N–H and O–H groups in total. The van der Waals surface area contributed by atoms with Crippen LogP contribution < -0.4 is 4.80 Å². The molecule has 0 aliphatic rings. The van der Waals surface area contributed by atoms with Crippen LogP contribution in [0.5, 0.6) is 0 Å². The van der Waals surface area contributed by atoms with Gasteiger partial charge < -0.3 is 9.30 Å². The minimum atomic E-state index is -0.788. The van der Waals surface area contributed by atoms with E-state index in [1.54, 1.807) is 18.2 Å². The van der Waals surface area contributed by atoms with Gasteiger partial charge in [0.25, 0.3) is 11.6 Å². The summed E-state index contributed by atoms with van der Waals surface area (Å²) >= 11 is 7.38. The Hall–Kier alpha value is -3.04. The molecule has 27 heavy (non-hydrogen) atoms. The van der Waals surface area contributed by atoms with E-state index < -0.39 is 16.8 Å². The van der Waals surface area contributed by atoms with Crippen molar-refractivity contribution in [3.63, 3.8) is 0 Å². The molecule has 0 saturated heterocycles. The second-order valence-corrected chi connectivity index (χ2v) is 6.74. The van der Waals surface area contributed by atoms with E-state index >= 15 is 0 Å². The molecule has 3 rings (SSSR count). The van der Waals surface area contributed by atoms with E-state index in [4.69, 9.17) is 16.3 Å². The van der Waals surface area contributed by atoms with Gasteiger partial charge >= 0.3 is 5.97 Å². The molecule has 0 radical (unpaired) electrons. The first kappa shape index (κ1) is 18.7. The highest BCUT2D eigenvalue weighted by atomic mass is 35.5. The Kier molecular flexibility index (Phi) is 5.33. The number of aromatic nitrogens is 1. The van der Waals surface area contributed by atoms with Gasteiger partial charge in [0.15, 0.2) is 4.80 Å². The average molecular weight is 406 g/mol. The van der Waals surface area contributed by atoms with E-state index in [2.05, 4.69) is 4.99 Å².